The Kier molecular flexibility index (Phi) is 6.94. The van der Waals surface area contributed by atoms with E-state index in [0.29, 0.717) is 23.5 Å². The first kappa shape index (κ1) is 26.9. The maximum Gasteiger partial charge on any atom is 0.302 e. The number of hydrogen-bond acceptors (Lipinski definition) is 3. The standard InChI is InChI=1S/C32H52O3/c1-20(2)11-10-12-21(3)23-15-18-31(8)24-13-14-26-29(5,6)27(35-22(4)33)16-17-30(26,7)28(24)25(34)19-32(23,31)9/h20-21,23,26-27H,10-19H2,1-9H3/t21-,23-,26+,27+,30+,31-,32+/m1/s1. The molecule has 0 unspecified atom stereocenters. The van der Waals surface area contributed by atoms with Gasteiger partial charge in [-0.05, 0) is 78.4 Å². The fraction of sp³-hybridized carbons (Fsp3) is 0.875. The van der Waals surface area contributed by atoms with Crippen LogP contribution < -0.4 is 0 Å². The minimum Gasteiger partial charge on any atom is -0.462 e. The molecular formula is C32H52O3. The van der Waals surface area contributed by atoms with Crippen LogP contribution in [0.1, 0.15) is 127 Å². The lowest BCUT2D eigenvalue weighted by atomic mass is 9.43. The molecule has 0 aliphatic heterocycles. The SMILES string of the molecule is CC(=O)O[C@H]1CC[C@]2(C)C3=C(CC[C@H]2C1(C)C)[C@@]1(C)CC[C@H]([C@H](C)CCCC(C)C)[C@]1(C)CC3=O. The Labute approximate surface area is 215 Å². The van der Waals surface area contributed by atoms with Crippen molar-refractivity contribution in [2.24, 2.45) is 45.3 Å². The molecule has 0 saturated heterocycles. The number of carbonyl (C=O) groups is 2. The first-order chi connectivity index (χ1) is 16.2. The van der Waals surface area contributed by atoms with Gasteiger partial charge in [0, 0.05) is 24.3 Å². The van der Waals surface area contributed by atoms with Crippen molar-refractivity contribution in [1.82, 2.24) is 0 Å². The normalized spacial score (nSPS) is 41.3. The summed E-state index contributed by atoms with van der Waals surface area (Å²) >= 11 is 0. The molecule has 4 aliphatic carbocycles. The third-order valence-electron chi connectivity index (χ3n) is 11.9. The highest BCUT2D eigenvalue weighted by atomic mass is 16.5. The van der Waals surface area contributed by atoms with Gasteiger partial charge in [-0.2, -0.15) is 0 Å². The summed E-state index contributed by atoms with van der Waals surface area (Å²) in [6.07, 6.45) is 11.0. The van der Waals surface area contributed by atoms with Crippen LogP contribution in [0.5, 0.6) is 0 Å². The van der Waals surface area contributed by atoms with Gasteiger partial charge in [-0.25, -0.2) is 0 Å². The Balaban J connectivity index is 1.67. The number of fused-ring (bicyclic) bond motifs is 4. The minimum atomic E-state index is -0.182. The number of carbonyl (C=O) groups excluding carboxylic acids is 2. The maximum absolute atomic E-state index is 14.2. The van der Waals surface area contributed by atoms with E-state index in [1.165, 1.54) is 50.2 Å². The van der Waals surface area contributed by atoms with Crippen LogP contribution >= 0.6 is 0 Å². The summed E-state index contributed by atoms with van der Waals surface area (Å²) in [6.45, 7) is 20.6. The molecule has 3 heteroatoms. The molecule has 35 heavy (non-hydrogen) atoms. The Bertz CT molecular complexity index is 896. The summed E-state index contributed by atoms with van der Waals surface area (Å²) in [4.78, 5) is 26.0. The summed E-state index contributed by atoms with van der Waals surface area (Å²) in [5.74, 6) is 2.72. The van der Waals surface area contributed by atoms with Crippen molar-refractivity contribution in [3.05, 3.63) is 11.1 Å². The fourth-order valence-electron chi connectivity index (χ4n) is 9.88. The summed E-state index contributed by atoms with van der Waals surface area (Å²) in [6, 6.07) is 0. The van der Waals surface area contributed by atoms with Crippen molar-refractivity contribution in [1.29, 1.82) is 0 Å². The van der Waals surface area contributed by atoms with E-state index in [0.717, 1.165) is 38.0 Å². The number of Topliss-reactive ketones (excluding diaryl/α,β-unsaturated/α-hetero) is 1. The molecule has 0 aromatic rings. The molecule has 2 fully saturated rings. The minimum absolute atomic E-state index is 0.0534. The maximum atomic E-state index is 14.2. The molecule has 0 bridgehead atoms. The monoisotopic (exact) mass is 484 g/mol. The second-order valence-electron chi connectivity index (χ2n) is 14.6. The van der Waals surface area contributed by atoms with Crippen molar-refractivity contribution >= 4 is 11.8 Å². The molecule has 7 atom stereocenters. The molecular weight excluding hydrogens is 432 g/mol. The molecule has 0 radical (unpaired) electrons. The van der Waals surface area contributed by atoms with Crippen LogP contribution in [0, 0.1) is 45.3 Å². The lowest BCUT2D eigenvalue weighted by Gasteiger charge is -2.61. The second-order valence-corrected chi connectivity index (χ2v) is 14.6. The number of hydrogen-bond donors (Lipinski definition) is 0. The number of ketones is 1. The average Bonchev–Trinajstić information content (AvgIpc) is 3.00. The molecule has 0 spiro atoms. The molecule has 198 valence electrons. The highest BCUT2D eigenvalue weighted by Crippen LogP contribution is 2.71. The van der Waals surface area contributed by atoms with Gasteiger partial charge in [-0.3, -0.25) is 9.59 Å². The van der Waals surface area contributed by atoms with Gasteiger partial charge < -0.3 is 4.74 Å². The molecule has 0 amide bonds. The van der Waals surface area contributed by atoms with Crippen LogP contribution in [0.25, 0.3) is 0 Å². The predicted molar refractivity (Wildman–Crippen MR) is 143 cm³/mol. The Morgan fingerprint density at radius 2 is 1.69 bits per heavy atom. The third kappa shape index (κ3) is 4.06. The zero-order chi connectivity index (χ0) is 26.0. The fourth-order valence-corrected chi connectivity index (χ4v) is 9.88. The highest BCUT2D eigenvalue weighted by molar-refractivity contribution is 6.00. The van der Waals surface area contributed by atoms with Crippen LogP contribution in [0.4, 0.5) is 0 Å². The van der Waals surface area contributed by atoms with Crippen molar-refractivity contribution in [2.75, 3.05) is 0 Å². The summed E-state index contributed by atoms with van der Waals surface area (Å²) in [5.41, 5.74) is 2.72. The molecule has 0 heterocycles. The van der Waals surface area contributed by atoms with E-state index < -0.39 is 0 Å². The molecule has 4 rings (SSSR count). The summed E-state index contributed by atoms with van der Waals surface area (Å²) in [5, 5.41) is 0. The van der Waals surface area contributed by atoms with Crippen molar-refractivity contribution in [2.45, 2.75) is 133 Å². The Hall–Kier alpha value is -1.12. The van der Waals surface area contributed by atoms with Gasteiger partial charge in [0.15, 0.2) is 5.78 Å². The lowest BCUT2D eigenvalue weighted by Crippen LogP contribution is -2.57. The topological polar surface area (TPSA) is 43.4 Å². The lowest BCUT2D eigenvalue weighted by molar-refractivity contribution is -0.168. The van der Waals surface area contributed by atoms with Crippen LogP contribution in [0.3, 0.4) is 0 Å². The summed E-state index contributed by atoms with van der Waals surface area (Å²) < 4.78 is 5.82. The first-order valence-corrected chi connectivity index (χ1v) is 14.6. The van der Waals surface area contributed by atoms with Gasteiger partial charge in [-0.15, -0.1) is 0 Å². The van der Waals surface area contributed by atoms with Crippen molar-refractivity contribution in [3.8, 4) is 0 Å². The second kappa shape index (κ2) is 9.02. The van der Waals surface area contributed by atoms with E-state index in [4.69, 9.17) is 4.74 Å². The average molecular weight is 485 g/mol. The van der Waals surface area contributed by atoms with E-state index in [1.807, 2.05) is 0 Å². The van der Waals surface area contributed by atoms with Gasteiger partial charge in [0.2, 0.25) is 0 Å². The van der Waals surface area contributed by atoms with Gasteiger partial charge in [0.1, 0.15) is 6.10 Å². The van der Waals surface area contributed by atoms with Gasteiger partial charge in [0.25, 0.3) is 0 Å². The van der Waals surface area contributed by atoms with E-state index in [9.17, 15) is 9.59 Å². The van der Waals surface area contributed by atoms with Crippen molar-refractivity contribution in [3.63, 3.8) is 0 Å². The zero-order valence-corrected chi connectivity index (χ0v) is 24.2. The van der Waals surface area contributed by atoms with E-state index in [2.05, 4.69) is 55.4 Å². The molecule has 0 aromatic carbocycles. The predicted octanol–water partition coefficient (Wildman–Crippen LogP) is 8.31. The van der Waals surface area contributed by atoms with Crippen molar-refractivity contribution < 1.29 is 14.3 Å². The molecule has 0 aromatic heterocycles. The van der Waals surface area contributed by atoms with Crippen LogP contribution in [0.15, 0.2) is 11.1 Å². The van der Waals surface area contributed by atoms with Gasteiger partial charge in [-0.1, -0.05) is 80.2 Å². The molecule has 0 N–H and O–H groups in total. The van der Waals surface area contributed by atoms with Crippen LogP contribution in [-0.2, 0) is 14.3 Å². The zero-order valence-electron chi connectivity index (χ0n) is 24.2. The third-order valence-corrected chi connectivity index (χ3v) is 11.9. The van der Waals surface area contributed by atoms with Crippen LogP contribution in [-0.4, -0.2) is 17.9 Å². The smallest absolute Gasteiger partial charge is 0.302 e. The number of rotatable bonds is 6. The molecule has 2 saturated carbocycles. The highest BCUT2D eigenvalue weighted by Gasteiger charge is 2.65. The Morgan fingerprint density at radius 1 is 1.00 bits per heavy atom. The largest absolute Gasteiger partial charge is 0.462 e. The Morgan fingerprint density at radius 3 is 2.31 bits per heavy atom. The number of ether oxygens (including phenoxy) is 1. The van der Waals surface area contributed by atoms with Crippen LogP contribution in [0.2, 0.25) is 0 Å². The summed E-state index contributed by atoms with van der Waals surface area (Å²) in [7, 11) is 0. The van der Waals surface area contributed by atoms with E-state index >= 15 is 0 Å². The number of allylic oxidation sites excluding steroid dienone is 2. The molecule has 3 nitrogen and oxygen atoms in total. The quantitative estimate of drug-likeness (QED) is 0.356. The van der Waals surface area contributed by atoms with E-state index in [1.54, 1.807) is 0 Å². The molecule has 4 aliphatic rings. The number of esters is 1. The van der Waals surface area contributed by atoms with Gasteiger partial charge >= 0.3 is 5.97 Å². The van der Waals surface area contributed by atoms with Gasteiger partial charge in [0.05, 0.1) is 0 Å². The van der Waals surface area contributed by atoms with E-state index in [-0.39, 0.29) is 33.7 Å². The first-order valence-electron chi connectivity index (χ1n) is 14.6.